The number of hydrogen-bond acceptors (Lipinski definition) is 4. The number of nitro groups is 1. The summed E-state index contributed by atoms with van der Waals surface area (Å²) in [5.41, 5.74) is 4.88. The van der Waals surface area contributed by atoms with Crippen LogP contribution in [0.3, 0.4) is 0 Å². The zero-order chi connectivity index (χ0) is 18.1. The second-order valence-corrected chi connectivity index (χ2v) is 6.22. The van der Waals surface area contributed by atoms with E-state index < -0.39 is 0 Å². The lowest BCUT2D eigenvalue weighted by Crippen LogP contribution is -2.25. The molecule has 4 rings (SSSR count). The van der Waals surface area contributed by atoms with Crippen LogP contribution in [0, 0.1) is 10.1 Å². The Bertz CT molecular complexity index is 906. The molecule has 5 heteroatoms. The van der Waals surface area contributed by atoms with E-state index in [1.54, 1.807) is 7.11 Å². The van der Waals surface area contributed by atoms with Gasteiger partial charge >= 0.3 is 0 Å². The summed E-state index contributed by atoms with van der Waals surface area (Å²) >= 11 is 0. The Morgan fingerprint density at radius 3 is 1.96 bits per heavy atom. The van der Waals surface area contributed by atoms with Gasteiger partial charge in [0.25, 0.3) is 0 Å². The largest absolute Gasteiger partial charge is 0.497 e. The molecule has 3 aromatic carbocycles. The molecule has 0 saturated carbocycles. The standard InChI is InChI=1S/C21H18N2O3/c1-26-16-12-10-15(11-13-16)23-20-8-4-2-6-17(20)19(14-22(24)25)18-7-3-5-9-21(18)23/h2-13,19H,14H2,1H3. The SMILES string of the molecule is COc1ccc(N2c3ccccc3C(C[N+](=O)[O-])c3ccccc32)cc1. The van der Waals surface area contributed by atoms with E-state index in [1.165, 1.54) is 0 Å². The molecule has 130 valence electrons. The number of hydrogen-bond donors (Lipinski definition) is 0. The normalized spacial score (nSPS) is 13.0. The maximum absolute atomic E-state index is 11.3. The molecule has 0 fully saturated rings. The Morgan fingerprint density at radius 2 is 1.46 bits per heavy atom. The average Bonchev–Trinajstić information content (AvgIpc) is 2.68. The predicted octanol–water partition coefficient (Wildman–Crippen LogP) is 4.89. The lowest BCUT2D eigenvalue weighted by molar-refractivity contribution is -0.481. The number of anilines is 3. The van der Waals surface area contributed by atoms with Crippen LogP contribution < -0.4 is 9.64 Å². The first-order chi connectivity index (χ1) is 12.7. The molecule has 0 saturated heterocycles. The molecule has 0 amide bonds. The van der Waals surface area contributed by atoms with Crippen molar-refractivity contribution in [3.63, 3.8) is 0 Å². The van der Waals surface area contributed by atoms with E-state index in [4.69, 9.17) is 4.74 Å². The first-order valence-corrected chi connectivity index (χ1v) is 8.43. The Hall–Kier alpha value is -3.34. The number of fused-ring (bicyclic) bond motifs is 2. The maximum atomic E-state index is 11.3. The van der Waals surface area contributed by atoms with E-state index in [0.717, 1.165) is 33.9 Å². The molecule has 0 spiro atoms. The fraction of sp³-hybridized carbons (Fsp3) is 0.143. The van der Waals surface area contributed by atoms with Gasteiger partial charge in [-0.3, -0.25) is 10.1 Å². The number of ether oxygens (including phenoxy) is 1. The van der Waals surface area contributed by atoms with Crippen LogP contribution in [0.4, 0.5) is 17.1 Å². The first kappa shape index (κ1) is 16.1. The lowest BCUT2D eigenvalue weighted by Gasteiger charge is -2.36. The highest BCUT2D eigenvalue weighted by Gasteiger charge is 2.33. The van der Waals surface area contributed by atoms with Crippen molar-refractivity contribution in [2.45, 2.75) is 5.92 Å². The van der Waals surface area contributed by atoms with Crippen molar-refractivity contribution in [1.29, 1.82) is 0 Å². The number of rotatable bonds is 4. The Balaban J connectivity index is 1.91. The number of benzene rings is 3. The van der Waals surface area contributed by atoms with Crippen LogP contribution in [0.2, 0.25) is 0 Å². The minimum absolute atomic E-state index is 0.121. The fourth-order valence-corrected chi connectivity index (χ4v) is 3.62. The third kappa shape index (κ3) is 2.67. The molecule has 0 N–H and O–H groups in total. The summed E-state index contributed by atoms with van der Waals surface area (Å²) < 4.78 is 5.26. The Kier molecular flexibility index (Phi) is 4.05. The van der Waals surface area contributed by atoms with Gasteiger partial charge in [0.15, 0.2) is 0 Å². The summed E-state index contributed by atoms with van der Waals surface area (Å²) in [6.07, 6.45) is 0. The monoisotopic (exact) mass is 346 g/mol. The van der Waals surface area contributed by atoms with E-state index in [0.29, 0.717) is 0 Å². The zero-order valence-electron chi connectivity index (χ0n) is 14.3. The summed E-state index contributed by atoms with van der Waals surface area (Å²) in [5, 5.41) is 11.3. The van der Waals surface area contributed by atoms with Crippen LogP contribution in [0.5, 0.6) is 5.75 Å². The molecule has 0 radical (unpaired) electrons. The second-order valence-electron chi connectivity index (χ2n) is 6.22. The maximum Gasteiger partial charge on any atom is 0.214 e. The highest BCUT2D eigenvalue weighted by atomic mass is 16.6. The van der Waals surface area contributed by atoms with Crippen LogP contribution in [-0.2, 0) is 0 Å². The summed E-state index contributed by atoms with van der Waals surface area (Å²) in [4.78, 5) is 13.2. The number of nitrogens with zero attached hydrogens (tertiary/aromatic N) is 2. The molecule has 0 unspecified atom stereocenters. The number of para-hydroxylation sites is 2. The molecule has 1 aliphatic rings. The molecular weight excluding hydrogens is 328 g/mol. The summed E-state index contributed by atoms with van der Waals surface area (Å²) in [7, 11) is 1.64. The van der Waals surface area contributed by atoms with E-state index in [2.05, 4.69) is 4.90 Å². The highest BCUT2D eigenvalue weighted by Crippen LogP contribution is 2.48. The van der Waals surface area contributed by atoms with Crippen LogP contribution in [-0.4, -0.2) is 18.6 Å². The zero-order valence-corrected chi connectivity index (χ0v) is 14.3. The minimum Gasteiger partial charge on any atom is -0.497 e. The Morgan fingerprint density at radius 1 is 0.923 bits per heavy atom. The van der Waals surface area contributed by atoms with Crippen LogP contribution in [0.15, 0.2) is 72.8 Å². The smallest absolute Gasteiger partial charge is 0.214 e. The van der Waals surface area contributed by atoms with Gasteiger partial charge in [-0.15, -0.1) is 0 Å². The van der Waals surface area contributed by atoms with Gasteiger partial charge in [0.05, 0.1) is 24.4 Å². The van der Waals surface area contributed by atoms with Gasteiger partial charge in [0, 0.05) is 10.6 Å². The fourth-order valence-electron chi connectivity index (χ4n) is 3.62. The molecular formula is C21H18N2O3. The van der Waals surface area contributed by atoms with Gasteiger partial charge in [-0.1, -0.05) is 36.4 Å². The quantitative estimate of drug-likeness (QED) is 0.499. The second kappa shape index (κ2) is 6.52. The topological polar surface area (TPSA) is 55.6 Å². The molecule has 0 atom stereocenters. The number of methoxy groups -OCH3 is 1. The van der Waals surface area contributed by atoms with Crippen molar-refractivity contribution in [2.24, 2.45) is 0 Å². The van der Waals surface area contributed by atoms with Crippen LogP contribution >= 0.6 is 0 Å². The first-order valence-electron chi connectivity index (χ1n) is 8.43. The van der Waals surface area contributed by atoms with Crippen molar-refractivity contribution in [2.75, 3.05) is 18.6 Å². The van der Waals surface area contributed by atoms with E-state index >= 15 is 0 Å². The van der Waals surface area contributed by atoms with Crippen LogP contribution in [0.25, 0.3) is 0 Å². The van der Waals surface area contributed by atoms with Crippen molar-refractivity contribution in [3.05, 3.63) is 94.0 Å². The van der Waals surface area contributed by atoms with E-state index in [-0.39, 0.29) is 17.4 Å². The van der Waals surface area contributed by atoms with Crippen molar-refractivity contribution in [3.8, 4) is 5.75 Å². The van der Waals surface area contributed by atoms with Gasteiger partial charge < -0.3 is 9.64 Å². The summed E-state index contributed by atoms with van der Waals surface area (Å²) in [6, 6.07) is 23.6. The average molecular weight is 346 g/mol. The van der Waals surface area contributed by atoms with Crippen LogP contribution in [0.1, 0.15) is 17.0 Å². The van der Waals surface area contributed by atoms with Crippen molar-refractivity contribution < 1.29 is 9.66 Å². The van der Waals surface area contributed by atoms with Gasteiger partial charge in [0.2, 0.25) is 6.54 Å². The van der Waals surface area contributed by atoms with Gasteiger partial charge in [0.1, 0.15) is 5.75 Å². The van der Waals surface area contributed by atoms with E-state index in [1.807, 2.05) is 72.8 Å². The summed E-state index contributed by atoms with van der Waals surface area (Å²) in [5.74, 6) is 0.533. The third-order valence-electron chi connectivity index (χ3n) is 4.77. The van der Waals surface area contributed by atoms with Gasteiger partial charge in [-0.2, -0.15) is 0 Å². The highest BCUT2D eigenvalue weighted by molar-refractivity contribution is 5.84. The lowest BCUT2D eigenvalue weighted by atomic mass is 9.84. The predicted molar refractivity (Wildman–Crippen MR) is 101 cm³/mol. The van der Waals surface area contributed by atoms with Crippen molar-refractivity contribution in [1.82, 2.24) is 0 Å². The molecule has 5 nitrogen and oxygen atoms in total. The molecule has 0 bridgehead atoms. The molecule has 0 aromatic heterocycles. The van der Waals surface area contributed by atoms with Gasteiger partial charge in [-0.05, 0) is 47.5 Å². The third-order valence-corrected chi connectivity index (χ3v) is 4.77. The molecule has 3 aromatic rings. The van der Waals surface area contributed by atoms with E-state index in [9.17, 15) is 10.1 Å². The minimum atomic E-state index is -0.258. The molecule has 0 aliphatic carbocycles. The summed E-state index contributed by atoms with van der Waals surface area (Å²) in [6.45, 7) is -0.121. The molecule has 1 aliphatic heterocycles. The Labute approximate surface area is 151 Å². The molecule has 1 heterocycles. The molecule has 26 heavy (non-hydrogen) atoms. The van der Waals surface area contributed by atoms with Crippen molar-refractivity contribution >= 4 is 17.1 Å². The van der Waals surface area contributed by atoms with Gasteiger partial charge in [-0.25, -0.2) is 0 Å².